The molecular weight excluding hydrogens is 480 g/mol. The zero-order valence-electron chi connectivity index (χ0n) is 22.3. The van der Waals surface area contributed by atoms with Crippen molar-refractivity contribution in [3.63, 3.8) is 0 Å². The minimum Gasteiger partial charge on any atom is -0.497 e. The van der Waals surface area contributed by atoms with E-state index >= 15 is 0 Å². The lowest BCUT2D eigenvalue weighted by Gasteiger charge is -2.32. The molecule has 196 valence electrons. The van der Waals surface area contributed by atoms with Crippen molar-refractivity contribution >= 4 is 23.6 Å². The van der Waals surface area contributed by atoms with Gasteiger partial charge in [0.25, 0.3) is 0 Å². The number of thioether (sulfide) groups is 1. The maximum atomic E-state index is 13.7. The summed E-state index contributed by atoms with van der Waals surface area (Å²) in [5, 5.41) is 3.13. The first-order chi connectivity index (χ1) is 17.9. The highest BCUT2D eigenvalue weighted by molar-refractivity contribution is 7.99. The maximum absolute atomic E-state index is 13.7. The highest BCUT2D eigenvalue weighted by atomic mass is 32.2. The molecule has 0 saturated heterocycles. The number of amides is 2. The van der Waals surface area contributed by atoms with Gasteiger partial charge in [-0.3, -0.25) is 9.59 Å². The van der Waals surface area contributed by atoms with Gasteiger partial charge in [0.15, 0.2) is 0 Å². The molecule has 2 amide bonds. The van der Waals surface area contributed by atoms with Crippen molar-refractivity contribution in [3.8, 4) is 5.75 Å². The van der Waals surface area contributed by atoms with Gasteiger partial charge in [-0.05, 0) is 54.7 Å². The highest BCUT2D eigenvalue weighted by Crippen LogP contribution is 2.21. The molecular formula is C31H38N2O3S. The molecule has 0 spiro atoms. The number of methoxy groups -OCH3 is 1. The van der Waals surface area contributed by atoms with Crippen LogP contribution < -0.4 is 10.1 Å². The average Bonchev–Trinajstić information content (AvgIpc) is 2.92. The summed E-state index contributed by atoms with van der Waals surface area (Å²) in [5.74, 6) is 1.66. The topological polar surface area (TPSA) is 58.6 Å². The van der Waals surface area contributed by atoms with Crippen molar-refractivity contribution in [2.45, 2.75) is 58.0 Å². The average molecular weight is 519 g/mol. The molecule has 0 aliphatic heterocycles. The Morgan fingerprint density at radius 1 is 0.946 bits per heavy atom. The zero-order valence-corrected chi connectivity index (χ0v) is 23.1. The largest absolute Gasteiger partial charge is 0.497 e. The van der Waals surface area contributed by atoms with Crippen LogP contribution in [0.2, 0.25) is 0 Å². The Balaban J connectivity index is 1.84. The Hall–Kier alpha value is -3.25. The van der Waals surface area contributed by atoms with Gasteiger partial charge in [-0.1, -0.05) is 73.7 Å². The molecule has 0 heterocycles. The van der Waals surface area contributed by atoms with Crippen LogP contribution in [0.5, 0.6) is 5.75 Å². The third kappa shape index (κ3) is 8.67. The molecule has 3 rings (SSSR count). The molecule has 0 fully saturated rings. The van der Waals surface area contributed by atoms with Gasteiger partial charge in [-0.25, -0.2) is 0 Å². The van der Waals surface area contributed by atoms with E-state index in [0.717, 1.165) is 34.4 Å². The number of carbonyl (C=O) groups is 2. The Morgan fingerprint density at radius 2 is 1.62 bits per heavy atom. The lowest BCUT2D eigenvalue weighted by molar-refractivity contribution is -0.139. The first-order valence-electron chi connectivity index (χ1n) is 12.8. The van der Waals surface area contributed by atoms with E-state index < -0.39 is 6.04 Å². The molecule has 0 radical (unpaired) electrons. The number of nitrogens with one attached hydrogen (secondary N) is 1. The second-order valence-corrected chi connectivity index (χ2v) is 10.3. The summed E-state index contributed by atoms with van der Waals surface area (Å²) in [5.41, 5.74) is 4.30. The normalized spacial score (nSPS) is 12.4. The number of benzene rings is 3. The lowest BCUT2D eigenvalue weighted by Crippen LogP contribution is -2.52. The van der Waals surface area contributed by atoms with E-state index in [2.05, 4.69) is 5.32 Å². The Labute approximate surface area is 225 Å². The van der Waals surface area contributed by atoms with Crippen molar-refractivity contribution in [1.29, 1.82) is 0 Å². The van der Waals surface area contributed by atoms with Gasteiger partial charge in [0, 0.05) is 24.8 Å². The van der Waals surface area contributed by atoms with E-state index in [4.69, 9.17) is 4.74 Å². The van der Waals surface area contributed by atoms with E-state index in [-0.39, 0.29) is 17.9 Å². The molecule has 0 aliphatic rings. The van der Waals surface area contributed by atoms with Gasteiger partial charge in [-0.15, -0.1) is 11.8 Å². The Bertz CT molecular complexity index is 1130. The number of hydrogen-bond acceptors (Lipinski definition) is 4. The minimum absolute atomic E-state index is 0.0330. The fraction of sp³-hybridized carbons (Fsp3) is 0.355. The van der Waals surface area contributed by atoms with Crippen LogP contribution in [-0.4, -0.2) is 41.7 Å². The quantitative estimate of drug-likeness (QED) is 0.311. The molecule has 3 aromatic carbocycles. The molecule has 6 heteroatoms. The van der Waals surface area contributed by atoms with Gasteiger partial charge in [-0.2, -0.15) is 0 Å². The zero-order chi connectivity index (χ0) is 26.6. The number of ether oxygens (including phenoxy) is 1. The van der Waals surface area contributed by atoms with Crippen molar-refractivity contribution in [3.05, 3.63) is 101 Å². The fourth-order valence-electron chi connectivity index (χ4n) is 4.03. The van der Waals surface area contributed by atoms with E-state index in [0.29, 0.717) is 24.5 Å². The molecule has 0 aromatic heterocycles. The highest BCUT2D eigenvalue weighted by Gasteiger charge is 2.31. The number of rotatable bonds is 13. The predicted octanol–water partition coefficient (Wildman–Crippen LogP) is 5.79. The fourth-order valence-corrected chi connectivity index (χ4v) is 4.90. The lowest BCUT2D eigenvalue weighted by atomic mass is 10.0. The van der Waals surface area contributed by atoms with E-state index in [1.807, 2.05) is 99.6 Å². The summed E-state index contributed by atoms with van der Waals surface area (Å²) in [7, 11) is 1.65. The molecule has 3 aromatic rings. The standard InChI is InChI=1S/C31H38N2O3S/c1-5-24(3)32-31(35)29(19-25-12-7-6-8-13-25)33(20-27-14-10-9-11-23(27)2)30(34)22-37-21-26-15-17-28(36-4)18-16-26/h6-18,24,29H,5,19-22H2,1-4H3,(H,32,35)/t24-,29+/m0/s1. The third-order valence-electron chi connectivity index (χ3n) is 6.53. The molecule has 0 bridgehead atoms. The predicted molar refractivity (Wildman–Crippen MR) is 153 cm³/mol. The molecule has 0 unspecified atom stereocenters. The van der Waals surface area contributed by atoms with Crippen LogP contribution in [0.15, 0.2) is 78.9 Å². The second-order valence-electron chi connectivity index (χ2n) is 9.31. The van der Waals surface area contributed by atoms with Crippen molar-refractivity contribution < 1.29 is 14.3 Å². The molecule has 2 atom stereocenters. The molecule has 5 nitrogen and oxygen atoms in total. The van der Waals surface area contributed by atoms with Crippen LogP contribution in [0.1, 0.15) is 42.5 Å². The minimum atomic E-state index is -0.606. The van der Waals surface area contributed by atoms with E-state index in [9.17, 15) is 9.59 Å². The first kappa shape index (κ1) is 28.3. The third-order valence-corrected chi connectivity index (χ3v) is 7.52. The van der Waals surface area contributed by atoms with Crippen LogP contribution in [0.4, 0.5) is 0 Å². The second kappa shape index (κ2) is 14.5. The van der Waals surface area contributed by atoms with Crippen molar-refractivity contribution in [2.24, 2.45) is 0 Å². The number of hydrogen-bond donors (Lipinski definition) is 1. The first-order valence-corrected chi connectivity index (χ1v) is 14.0. The van der Waals surface area contributed by atoms with Gasteiger partial charge >= 0.3 is 0 Å². The molecule has 0 aliphatic carbocycles. The Kier molecular flexibility index (Phi) is 11.1. The summed E-state index contributed by atoms with van der Waals surface area (Å²) >= 11 is 1.56. The van der Waals surface area contributed by atoms with Crippen LogP contribution in [0.3, 0.4) is 0 Å². The monoisotopic (exact) mass is 518 g/mol. The summed E-state index contributed by atoms with van der Waals surface area (Å²) in [4.78, 5) is 29.1. The van der Waals surface area contributed by atoms with E-state index in [1.54, 1.807) is 23.8 Å². The van der Waals surface area contributed by atoms with Crippen LogP contribution in [-0.2, 0) is 28.3 Å². The van der Waals surface area contributed by atoms with Crippen molar-refractivity contribution in [1.82, 2.24) is 10.2 Å². The molecule has 1 N–H and O–H groups in total. The number of aryl methyl sites for hydroxylation is 1. The van der Waals surface area contributed by atoms with Gasteiger partial charge < -0.3 is 15.0 Å². The summed E-state index contributed by atoms with van der Waals surface area (Å²) in [6.45, 7) is 6.47. The van der Waals surface area contributed by atoms with Gasteiger partial charge in [0.1, 0.15) is 11.8 Å². The van der Waals surface area contributed by atoms with Crippen LogP contribution in [0, 0.1) is 6.92 Å². The van der Waals surface area contributed by atoms with E-state index in [1.165, 1.54) is 0 Å². The summed E-state index contributed by atoms with van der Waals surface area (Å²) in [6.07, 6.45) is 1.29. The molecule has 37 heavy (non-hydrogen) atoms. The van der Waals surface area contributed by atoms with Crippen LogP contribution >= 0.6 is 11.8 Å². The smallest absolute Gasteiger partial charge is 0.243 e. The van der Waals surface area contributed by atoms with Crippen molar-refractivity contribution in [2.75, 3.05) is 12.9 Å². The van der Waals surface area contributed by atoms with Crippen LogP contribution in [0.25, 0.3) is 0 Å². The molecule has 0 saturated carbocycles. The number of nitrogens with zero attached hydrogens (tertiary/aromatic N) is 1. The Morgan fingerprint density at radius 3 is 2.27 bits per heavy atom. The SMILES string of the molecule is CC[C@H](C)NC(=O)[C@@H](Cc1ccccc1)N(Cc1ccccc1C)C(=O)CSCc1ccc(OC)cc1. The van der Waals surface area contributed by atoms with Gasteiger partial charge in [0.05, 0.1) is 12.9 Å². The maximum Gasteiger partial charge on any atom is 0.243 e. The summed E-state index contributed by atoms with van der Waals surface area (Å²) in [6, 6.07) is 25.3. The van der Waals surface area contributed by atoms with Gasteiger partial charge in [0.2, 0.25) is 11.8 Å². The summed E-state index contributed by atoms with van der Waals surface area (Å²) < 4.78 is 5.24. The number of carbonyl (C=O) groups excluding carboxylic acids is 2.